The number of aromatic nitrogens is 2. The number of pyridine rings is 1. The number of thiazole rings is 1. The number of anilines is 2. The number of aliphatic hydroxyl groups excluding tert-OH is 1. The number of likely N-dealkylation sites (tertiary alicyclic amines) is 1. The van der Waals surface area contributed by atoms with Gasteiger partial charge in [0.05, 0.1) is 71.2 Å². The molecule has 2 aliphatic rings. The number of hydrogen-bond donors (Lipinski definition) is 3. The lowest BCUT2D eigenvalue weighted by molar-refractivity contribution is -0.144. The normalized spacial score (nSPS) is 17.5. The molecule has 4 amide bonds. The second-order valence-electron chi connectivity index (χ2n) is 17.7. The van der Waals surface area contributed by atoms with Gasteiger partial charge < -0.3 is 39.8 Å². The minimum absolute atomic E-state index is 0.00538. The zero-order chi connectivity index (χ0) is 50.6. The summed E-state index contributed by atoms with van der Waals surface area (Å²) in [5.41, 5.74) is -1.14. The van der Waals surface area contributed by atoms with Gasteiger partial charge in [-0.15, -0.1) is 11.3 Å². The highest BCUT2D eigenvalue weighted by molar-refractivity contribution is 7.81. The zero-order valence-electron chi connectivity index (χ0n) is 38.3. The van der Waals surface area contributed by atoms with Crippen LogP contribution in [0.5, 0.6) is 5.88 Å². The van der Waals surface area contributed by atoms with Gasteiger partial charge in [-0.05, 0) is 67.7 Å². The first kappa shape index (κ1) is 52.5. The Kier molecular flexibility index (Phi) is 16.3. The number of carbonyl (C=O) groups excluding carboxylic acids is 4. The molecule has 4 heterocycles. The number of hydrogen-bond acceptors (Lipinski definition) is 13. The summed E-state index contributed by atoms with van der Waals surface area (Å²) in [7, 11) is 0. The number of aryl methyl sites for hydroxylation is 1. The van der Waals surface area contributed by atoms with Crippen molar-refractivity contribution in [3.05, 3.63) is 87.4 Å². The van der Waals surface area contributed by atoms with Crippen LogP contribution in [0.4, 0.5) is 28.9 Å². The molecule has 368 valence electrons. The van der Waals surface area contributed by atoms with Crippen molar-refractivity contribution in [3.63, 3.8) is 0 Å². The van der Waals surface area contributed by atoms with E-state index in [1.165, 1.54) is 42.0 Å². The fourth-order valence-corrected chi connectivity index (χ4v) is 9.30. The molecule has 0 aliphatic carbocycles. The minimum atomic E-state index is -5.23. The smallest absolute Gasteiger partial charge is 0.420 e. The van der Waals surface area contributed by atoms with Crippen molar-refractivity contribution in [1.29, 1.82) is 5.26 Å². The fraction of sp³-hybridized carbons (Fsp3) is 0.435. The molecule has 4 aromatic rings. The third-order valence-electron chi connectivity index (χ3n) is 11.3. The zero-order valence-corrected chi connectivity index (χ0v) is 40.7. The maximum absolute atomic E-state index is 15.4. The van der Waals surface area contributed by atoms with E-state index in [1.807, 2.05) is 31.2 Å². The summed E-state index contributed by atoms with van der Waals surface area (Å²) in [4.78, 5) is 66.7. The summed E-state index contributed by atoms with van der Waals surface area (Å²) < 4.78 is 73.3. The van der Waals surface area contributed by atoms with Gasteiger partial charge in [0.2, 0.25) is 23.6 Å². The number of carbonyl (C=O) groups is 4. The number of thiocarbonyl (C=S) groups is 1. The summed E-state index contributed by atoms with van der Waals surface area (Å²) in [6.45, 7) is 9.87. The molecule has 2 aromatic carbocycles. The number of halogens is 5. The molecule has 2 fully saturated rings. The number of nitrogens with zero attached hydrogens (tertiary/aromatic N) is 6. The highest BCUT2D eigenvalue weighted by Gasteiger charge is 2.52. The van der Waals surface area contributed by atoms with Gasteiger partial charge >= 0.3 is 6.18 Å². The van der Waals surface area contributed by atoms with Gasteiger partial charge in [-0.1, -0.05) is 56.6 Å². The van der Waals surface area contributed by atoms with Gasteiger partial charge in [0.25, 0.3) is 5.91 Å². The van der Waals surface area contributed by atoms with Crippen LogP contribution < -0.4 is 25.2 Å². The van der Waals surface area contributed by atoms with Crippen LogP contribution in [-0.4, -0.2) is 112 Å². The lowest BCUT2D eigenvalue weighted by Gasteiger charge is -2.35. The number of β-amino-alcohol motifs (C(OH)–C–C–N with tert-alkyl or cyclic N) is 1. The van der Waals surface area contributed by atoms with E-state index in [1.54, 1.807) is 37.6 Å². The summed E-state index contributed by atoms with van der Waals surface area (Å²) in [6.07, 6.45) is -4.86. The molecule has 23 heteroatoms. The van der Waals surface area contributed by atoms with Crippen molar-refractivity contribution >= 4 is 75.3 Å². The Morgan fingerprint density at radius 1 is 1.07 bits per heavy atom. The predicted molar refractivity (Wildman–Crippen MR) is 251 cm³/mol. The van der Waals surface area contributed by atoms with Crippen LogP contribution in [0.15, 0.2) is 54.2 Å². The van der Waals surface area contributed by atoms with Crippen LogP contribution in [0.1, 0.15) is 63.4 Å². The fourth-order valence-electron chi connectivity index (χ4n) is 7.76. The van der Waals surface area contributed by atoms with E-state index < -0.39 is 88.2 Å². The van der Waals surface area contributed by atoms with Crippen molar-refractivity contribution in [1.82, 2.24) is 25.5 Å². The number of nitriles is 1. The molecule has 0 bridgehead atoms. The second-order valence-corrected chi connectivity index (χ2v) is 19.3. The predicted octanol–water partition coefficient (Wildman–Crippen LogP) is 6.33. The highest BCUT2D eigenvalue weighted by Crippen LogP contribution is 2.43. The number of nitrogens with one attached hydrogen (secondary N) is 2. The van der Waals surface area contributed by atoms with Gasteiger partial charge in [-0.2, -0.15) is 18.4 Å². The molecule has 0 radical (unpaired) electrons. The Hall–Kier alpha value is -5.83. The number of rotatable bonds is 17. The van der Waals surface area contributed by atoms with Crippen molar-refractivity contribution in [2.24, 2.45) is 5.41 Å². The van der Waals surface area contributed by atoms with E-state index in [-0.39, 0.29) is 67.6 Å². The maximum Gasteiger partial charge on any atom is 0.420 e. The quantitative estimate of drug-likeness (QED) is 0.0603. The van der Waals surface area contributed by atoms with Crippen molar-refractivity contribution < 1.29 is 56.1 Å². The molecule has 3 atom stereocenters. The molecule has 16 nitrogen and oxygen atoms in total. The first-order valence-electron chi connectivity index (χ1n) is 21.4. The Bertz CT molecular complexity index is 2640. The molecular weight excluding hydrogens is 968 g/mol. The van der Waals surface area contributed by atoms with Gasteiger partial charge in [0.1, 0.15) is 41.4 Å². The van der Waals surface area contributed by atoms with E-state index in [2.05, 4.69) is 20.6 Å². The Balaban J connectivity index is 0.944. The standard InChI is InChI=1S/C46H49ClF4N8O8S2/c1-25-37(69-24-55-25)27-9-7-26(8-10-27)20-53-39(62)33-18-30(60)22-57(33)41(63)38(44(2,3)4)56-34(61)23-66-14-13-65-15-16-67-40-31(47)17-29(21-54-40)59-43(68)58(42(64)45(59,5)6)32-12-11-28(19-52)35(36(32)48)46(49,50)51/h7-12,17,21,24,30,33,38,60H,13-16,18,20,22-23H2,1-6H3,(H,53,62)(H,56,61)/t30-,33+,38-/m1/s1. The highest BCUT2D eigenvalue weighted by atomic mass is 35.5. The van der Waals surface area contributed by atoms with E-state index >= 15 is 4.39 Å². The molecule has 0 saturated carbocycles. The van der Waals surface area contributed by atoms with E-state index in [0.717, 1.165) is 33.8 Å². The van der Waals surface area contributed by atoms with Crippen molar-refractivity contribution in [2.45, 2.75) is 84.4 Å². The van der Waals surface area contributed by atoms with Gasteiger partial charge in [-0.3, -0.25) is 24.1 Å². The summed E-state index contributed by atoms with van der Waals surface area (Å²) in [5.74, 6) is -4.23. The molecule has 69 heavy (non-hydrogen) atoms. The third-order valence-corrected chi connectivity index (χ3v) is 12.9. The van der Waals surface area contributed by atoms with Crippen LogP contribution in [0.3, 0.4) is 0 Å². The largest absolute Gasteiger partial charge is 0.474 e. The third kappa shape index (κ3) is 11.8. The van der Waals surface area contributed by atoms with E-state index in [9.17, 15) is 37.5 Å². The molecule has 2 saturated heterocycles. The van der Waals surface area contributed by atoms with Crippen molar-refractivity contribution in [3.8, 4) is 22.4 Å². The average molecular weight is 1020 g/mol. The van der Waals surface area contributed by atoms with Gasteiger partial charge in [0.15, 0.2) is 10.9 Å². The lowest BCUT2D eigenvalue weighted by atomic mass is 9.85. The molecule has 3 N–H and O–H groups in total. The van der Waals surface area contributed by atoms with Gasteiger partial charge in [0, 0.05) is 19.5 Å². The molecular formula is C46H49ClF4N8O8S2. The first-order chi connectivity index (χ1) is 32.4. The van der Waals surface area contributed by atoms with E-state index in [4.69, 9.17) is 43.3 Å². The molecule has 0 unspecified atom stereocenters. The van der Waals surface area contributed by atoms with Gasteiger partial charge in [-0.25, -0.2) is 14.4 Å². The molecule has 6 rings (SSSR count). The molecule has 2 aromatic heterocycles. The number of benzene rings is 2. The Morgan fingerprint density at radius 2 is 1.75 bits per heavy atom. The summed E-state index contributed by atoms with van der Waals surface area (Å²) in [6, 6.07) is 10.0. The summed E-state index contributed by atoms with van der Waals surface area (Å²) in [5, 5.41) is 24.9. The molecule has 2 aliphatic heterocycles. The van der Waals surface area contributed by atoms with Crippen LogP contribution in [0.2, 0.25) is 5.02 Å². The minimum Gasteiger partial charge on any atom is -0.474 e. The maximum atomic E-state index is 15.4. The average Bonchev–Trinajstić information content (AvgIpc) is 3.94. The molecule has 0 spiro atoms. The SMILES string of the molecule is Cc1ncsc1-c1ccc(CNC(=O)[C@@H]2C[C@@H](O)CN2C(=O)[C@@H](NC(=O)COCCOCCOc2ncc(N3C(=S)N(c4ccc(C#N)c(C(F)(F)F)c4F)C(=O)C3(C)C)cc2Cl)C(C)(C)C)cc1. The number of amides is 4. The first-order valence-corrected chi connectivity index (χ1v) is 23.1. The number of aliphatic hydroxyl groups is 1. The number of ether oxygens (including phenoxy) is 3. The summed E-state index contributed by atoms with van der Waals surface area (Å²) >= 11 is 13.5. The van der Waals surface area contributed by atoms with Crippen LogP contribution in [-0.2, 0) is 41.4 Å². The second kappa shape index (κ2) is 21.4. The lowest BCUT2D eigenvalue weighted by Crippen LogP contribution is -2.58. The number of alkyl halides is 3. The van der Waals surface area contributed by atoms with Crippen LogP contribution >= 0.6 is 35.2 Å². The van der Waals surface area contributed by atoms with Crippen molar-refractivity contribution in [2.75, 3.05) is 49.4 Å². The van der Waals surface area contributed by atoms with Crippen LogP contribution in [0, 0.1) is 29.5 Å². The van der Waals surface area contributed by atoms with Crippen LogP contribution in [0.25, 0.3) is 10.4 Å². The Labute approximate surface area is 409 Å². The Morgan fingerprint density at radius 3 is 2.38 bits per heavy atom. The monoisotopic (exact) mass is 1020 g/mol. The van der Waals surface area contributed by atoms with E-state index in [0.29, 0.717) is 4.90 Å². The topological polar surface area (TPSA) is 200 Å².